The van der Waals surface area contributed by atoms with E-state index in [1.54, 1.807) is 12.1 Å². The predicted octanol–water partition coefficient (Wildman–Crippen LogP) is 5.75. The maximum atomic E-state index is 13.2. The lowest BCUT2D eigenvalue weighted by molar-refractivity contribution is 0.262. The third kappa shape index (κ3) is 3.38. The zero-order chi connectivity index (χ0) is 17.1. The molecule has 0 saturated carbocycles. The molecule has 122 valence electrons. The second kappa shape index (κ2) is 6.71. The van der Waals surface area contributed by atoms with Gasteiger partial charge >= 0.3 is 6.03 Å². The van der Waals surface area contributed by atoms with Crippen molar-refractivity contribution in [3.63, 3.8) is 0 Å². The SMILES string of the molecule is CC(C)c1cccc2c(NC(=O)Nc3cccc(F)c3)cccc12. The van der Waals surface area contributed by atoms with Gasteiger partial charge in [-0.2, -0.15) is 0 Å². The molecule has 3 aromatic rings. The zero-order valence-corrected chi connectivity index (χ0v) is 13.6. The number of carbonyl (C=O) groups excluding carboxylic acids is 1. The third-order valence-corrected chi connectivity index (χ3v) is 3.91. The Morgan fingerprint density at radius 1 is 0.917 bits per heavy atom. The van der Waals surface area contributed by atoms with Crippen molar-refractivity contribution in [1.29, 1.82) is 0 Å². The summed E-state index contributed by atoms with van der Waals surface area (Å²) in [5.74, 6) is 0.00427. The first-order valence-electron chi connectivity index (χ1n) is 7.90. The van der Waals surface area contributed by atoms with Gasteiger partial charge in [-0.3, -0.25) is 0 Å². The first-order chi connectivity index (χ1) is 11.5. The molecule has 0 atom stereocenters. The largest absolute Gasteiger partial charge is 0.323 e. The van der Waals surface area contributed by atoms with Crippen molar-refractivity contribution < 1.29 is 9.18 Å². The van der Waals surface area contributed by atoms with E-state index in [1.807, 2.05) is 24.3 Å². The van der Waals surface area contributed by atoms with E-state index in [1.165, 1.54) is 17.7 Å². The summed E-state index contributed by atoms with van der Waals surface area (Å²) in [7, 11) is 0. The molecule has 0 bridgehead atoms. The first kappa shape index (κ1) is 16.0. The molecule has 3 aromatic carbocycles. The Kier molecular flexibility index (Phi) is 4.47. The van der Waals surface area contributed by atoms with Gasteiger partial charge in [0.15, 0.2) is 0 Å². The molecule has 0 radical (unpaired) electrons. The maximum absolute atomic E-state index is 13.2. The lowest BCUT2D eigenvalue weighted by Crippen LogP contribution is -2.19. The Hall–Kier alpha value is -2.88. The van der Waals surface area contributed by atoms with Gasteiger partial charge in [0.2, 0.25) is 0 Å². The van der Waals surface area contributed by atoms with E-state index in [0.717, 1.165) is 16.5 Å². The summed E-state index contributed by atoms with van der Waals surface area (Å²) in [6, 6.07) is 17.3. The lowest BCUT2D eigenvalue weighted by Gasteiger charge is -2.14. The highest BCUT2D eigenvalue weighted by atomic mass is 19.1. The van der Waals surface area contributed by atoms with Gasteiger partial charge in [-0.15, -0.1) is 0 Å². The minimum absolute atomic E-state index is 0.389. The minimum atomic E-state index is -0.400. The number of carbonyl (C=O) groups is 1. The van der Waals surface area contributed by atoms with Crippen molar-refractivity contribution in [3.05, 3.63) is 72.0 Å². The molecule has 0 fully saturated rings. The number of hydrogen-bond donors (Lipinski definition) is 2. The number of anilines is 2. The van der Waals surface area contributed by atoms with Crippen molar-refractivity contribution in [2.75, 3.05) is 10.6 Å². The molecule has 4 heteroatoms. The molecule has 2 N–H and O–H groups in total. The van der Waals surface area contributed by atoms with Crippen molar-refractivity contribution in [1.82, 2.24) is 0 Å². The summed E-state index contributed by atoms with van der Waals surface area (Å²) in [5, 5.41) is 7.60. The molecular weight excluding hydrogens is 303 g/mol. The average Bonchev–Trinajstić information content (AvgIpc) is 2.54. The van der Waals surface area contributed by atoms with E-state index in [0.29, 0.717) is 11.6 Å². The fourth-order valence-corrected chi connectivity index (χ4v) is 2.80. The van der Waals surface area contributed by atoms with Gasteiger partial charge in [-0.1, -0.05) is 50.2 Å². The predicted molar refractivity (Wildman–Crippen MR) is 97.1 cm³/mol. The van der Waals surface area contributed by atoms with Gasteiger partial charge in [-0.25, -0.2) is 9.18 Å². The number of amides is 2. The van der Waals surface area contributed by atoms with Crippen LogP contribution >= 0.6 is 0 Å². The topological polar surface area (TPSA) is 41.1 Å². The van der Waals surface area contributed by atoms with Gasteiger partial charge in [0.25, 0.3) is 0 Å². The average molecular weight is 322 g/mol. The summed E-state index contributed by atoms with van der Waals surface area (Å²) in [5.41, 5.74) is 2.38. The Labute approximate surface area is 140 Å². The number of hydrogen-bond acceptors (Lipinski definition) is 1. The van der Waals surface area contributed by atoms with Crippen LogP contribution < -0.4 is 10.6 Å². The Balaban J connectivity index is 1.87. The lowest BCUT2D eigenvalue weighted by atomic mass is 9.95. The van der Waals surface area contributed by atoms with Crippen LogP contribution in [0.5, 0.6) is 0 Å². The standard InChI is InChI=1S/C20H19FN2O/c1-13(2)16-8-4-10-18-17(16)9-5-11-19(18)23-20(24)22-15-7-3-6-14(21)12-15/h3-13H,1-2H3,(H2,22,23,24). The Morgan fingerprint density at radius 2 is 1.62 bits per heavy atom. The molecule has 0 aliphatic heterocycles. The minimum Gasteiger partial charge on any atom is -0.308 e. The molecule has 3 rings (SSSR count). The molecule has 2 amide bonds. The summed E-state index contributed by atoms with van der Waals surface area (Å²) < 4.78 is 13.2. The molecule has 0 aliphatic carbocycles. The summed E-state index contributed by atoms with van der Waals surface area (Å²) in [4.78, 5) is 12.2. The van der Waals surface area contributed by atoms with Crippen molar-refractivity contribution in [2.24, 2.45) is 0 Å². The van der Waals surface area contributed by atoms with Crippen molar-refractivity contribution >= 4 is 28.2 Å². The van der Waals surface area contributed by atoms with E-state index in [9.17, 15) is 9.18 Å². The molecule has 0 aliphatic rings. The Morgan fingerprint density at radius 3 is 2.38 bits per heavy atom. The van der Waals surface area contributed by atoms with E-state index in [-0.39, 0.29) is 5.82 Å². The van der Waals surface area contributed by atoms with Crippen LogP contribution in [0.2, 0.25) is 0 Å². The van der Waals surface area contributed by atoms with Crippen LogP contribution in [0.4, 0.5) is 20.6 Å². The van der Waals surface area contributed by atoms with Crippen LogP contribution in [0.3, 0.4) is 0 Å². The van der Waals surface area contributed by atoms with E-state index in [2.05, 4.69) is 36.6 Å². The van der Waals surface area contributed by atoms with Crippen LogP contribution in [0.1, 0.15) is 25.3 Å². The molecule has 0 unspecified atom stereocenters. The van der Waals surface area contributed by atoms with Crippen LogP contribution in [0, 0.1) is 5.82 Å². The highest BCUT2D eigenvalue weighted by Crippen LogP contribution is 2.30. The molecule has 0 heterocycles. The molecule has 0 saturated heterocycles. The third-order valence-electron chi connectivity index (χ3n) is 3.91. The molecule has 0 aromatic heterocycles. The number of rotatable bonds is 3. The molecule has 3 nitrogen and oxygen atoms in total. The number of urea groups is 1. The van der Waals surface area contributed by atoms with Crippen molar-refractivity contribution in [3.8, 4) is 0 Å². The smallest absolute Gasteiger partial charge is 0.308 e. The van der Waals surface area contributed by atoms with Crippen LogP contribution in [-0.4, -0.2) is 6.03 Å². The van der Waals surface area contributed by atoms with Crippen molar-refractivity contribution in [2.45, 2.75) is 19.8 Å². The van der Waals surface area contributed by atoms with E-state index in [4.69, 9.17) is 0 Å². The molecule has 24 heavy (non-hydrogen) atoms. The van der Waals surface area contributed by atoms with Gasteiger partial charge in [0.1, 0.15) is 5.82 Å². The normalized spacial score (nSPS) is 10.8. The quantitative estimate of drug-likeness (QED) is 0.633. The fourth-order valence-electron chi connectivity index (χ4n) is 2.80. The van der Waals surface area contributed by atoms with Gasteiger partial charge in [0.05, 0.1) is 5.69 Å². The van der Waals surface area contributed by atoms with Gasteiger partial charge in [-0.05, 0) is 41.1 Å². The summed E-state index contributed by atoms with van der Waals surface area (Å²) in [6.07, 6.45) is 0. The molecular formula is C20H19FN2O. The number of halogens is 1. The first-order valence-corrected chi connectivity index (χ1v) is 7.90. The van der Waals surface area contributed by atoms with Gasteiger partial charge in [0, 0.05) is 11.1 Å². The maximum Gasteiger partial charge on any atom is 0.323 e. The second-order valence-electron chi connectivity index (χ2n) is 5.99. The summed E-state index contributed by atoms with van der Waals surface area (Å²) in [6.45, 7) is 4.29. The number of benzene rings is 3. The fraction of sp³-hybridized carbons (Fsp3) is 0.150. The number of fused-ring (bicyclic) bond motifs is 1. The monoisotopic (exact) mass is 322 g/mol. The highest BCUT2D eigenvalue weighted by Gasteiger charge is 2.10. The summed E-state index contributed by atoms with van der Waals surface area (Å²) >= 11 is 0. The van der Waals surface area contributed by atoms with E-state index < -0.39 is 6.03 Å². The highest BCUT2D eigenvalue weighted by molar-refractivity contribution is 6.06. The zero-order valence-electron chi connectivity index (χ0n) is 13.6. The molecule has 0 spiro atoms. The second-order valence-corrected chi connectivity index (χ2v) is 5.99. The Bertz CT molecular complexity index is 890. The van der Waals surface area contributed by atoms with Crippen LogP contribution in [0.25, 0.3) is 10.8 Å². The number of nitrogens with one attached hydrogen (secondary N) is 2. The van der Waals surface area contributed by atoms with Gasteiger partial charge < -0.3 is 10.6 Å². The van der Waals surface area contributed by atoms with Crippen LogP contribution in [0.15, 0.2) is 60.7 Å². The van der Waals surface area contributed by atoms with Crippen LogP contribution in [-0.2, 0) is 0 Å². The van der Waals surface area contributed by atoms with E-state index >= 15 is 0 Å².